The number of para-hydroxylation sites is 2. The van der Waals surface area contributed by atoms with E-state index < -0.39 is 18.0 Å². The molecule has 2 amide bonds. The van der Waals surface area contributed by atoms with Crippen LogP contribution in [0.25, 0.3) is 22.6 Å². The van der Waals surface area contributed by atoms with Crippen LogP contribution in [0, 0.1) is 0 Å². The molecule has 0 radical (unpaired) electrons. The van der Waals surface area contributed by atoms with E-state index in [2.05, 4.69) is 15.6 Å². The number of rotatable bonds is 8. The van der Waals surface area contributed by atoms with Gasteiger partial charge in [0, 0.05) is 11.3 Å². The summed E-state index contributed by atoms with van der Waals surface area (Å²) < 4.78 is 5.74. The van der Waals surface area contributed by atoms with Crippen LogP contribution >= 0.6 is 0 Å². The lowest BCUT2D eigenvalue weighted by atomic mass is 10.1. The molecule has 1 aromatic heterocycles. The minimum absolute atomic E-state index is 0.322. The minimum Gasteiger partial charge on any atom is -0.480 e. The van der Waals surface area contributed by atoms with E-state index in [4.69, 9.17) is 10.2 Å². The number of carboxylic acids is 1. The molecular weight excluding hydrogens is 360 g/mol. The van der Waals surface area contributed by atoms with Crippen LogP contribution in [0.3, 0.4) is 0 Å². The van der Waals surface area contributed by atoms with Crippen molar-refractivity contribution in [1.29, 1.82) is 0 Å². The monoisotopic (exact) mass is 382 g/mol. The van der Waals surface area contributed by atoms with Gasteiger partial charge in [-0.15, -0.1) is 0 Å². The Hall–Kier alpha value is -3.39. The fraction of sp³-hybridized carbons (Fsp3) is 0.250. The van der Waals surface area contributed by atoms with Crippen LogP contribution in [0.4, 0.5) is 10.5 Å². The molecule has 0 aliphatic carbocycles. The predicted molar refractivity (Wildman–Crippen MR) is 106 cm³/mol. The summed E-state index contributed by atoms with van der Waals surface area (Å²) in [6.45, 7) is 0.487. The third kappa shape index (κ3) is 4.86. The number of oxazole rings is 1. The molecule has 28 heavy (non-hydrogen) atoms. The number of aliphatic carboxylic acids is 1. The Bertz CT molecular complexity index is 937. The van der Waals surface area contributed by atoms with Crippen molar-refractivity contribution in [3.63, 3.8) is 0 Å². The first kappa shape index (κ1) is 19.4. The smallest absolute Gasteiger partial charge is 0.326 e. The highest BCUT2D eigenvalue weighted by Crippen LogP contribution is 2.26. The number of urea groups is 1. The van der Waals surface area contributed by atoms with Crippen molar-refractivity contribution in [2.45, 2.75) is 25.3 Å². The van der Waals surface area contributed by atoms with Gasteiger partial charge in [0.25, 0.3) is 0 Å². The third-order valence-corrected chi connectivity index (χ3v) is 4.21. The highest BCUT2D eigenvalue weighted by molar-refractivity contribution is 5.92. The number of carbonyl (C=O) groups excluding carboxylic acids is 1. The molecule has 1 atom stereocenters. The van der Waals surface area contributed by atoms with Crippen molar-refractivity contribution in [3.8, 4) is 11.5 Å². The Morgan fingerprint density at radius 3 is 2.71 bits per heavy atom. The quantitative estimate of drug-likeness (QED) is 0.443. The summed E-state index contributed by atoms with van der Waals surface area (Å²) in [5, 5.41) is 14.4. The molecule has 1 heterocycles. The summed E-state index contributed by atoms with van der Waals surface area (Å²) in [7, 11) is 0. The second-order valence-electron chi connectivity index (χ2n) is 6.34. The maximum Gasteiger partial charge on any atom is 0.326 e. The van der Waals surface area contributed by atoms with Crippen molar-refractivity contribution >= 4 is 28.8 Å². The summed E-state index contributed by atoms with van der Waals surface area (Å²) in [4.78, 5) is 27.9. The van der Waals surface area contributed by atoms with Gasteiger partial charge in [0.15, 0.2) is 5.58 Å². The first-order chi connectivity index (χ1) is 13.6. The van der Waals surface area contributed by atoms with Crippen molar-refractivity contribution in [1.82, 2.24) is 10.3 Å². The van der Waals surface area contributed by atoms with Gasteiger partial charge in [-0.2, -0.15) is 0 Å². The van der Waals surface area contributed by atoms with Gasteiger partial charge < -0.3 is 25.9 Å². The SMILES string of the molecule is NCCCC[C@H](NC(=O)Nc1cccc(-c2nc3ccccc3o2)c1)C(=O)O. The van der Waals surface area contributed by atoms with Gasteiger partial charge in [-0.05, 0) is 56.1 Å². The van der Waals surface area contributed by atoms with E-state index in [-0.39, 0.29) is 0 Å². The number of fused-ring (bicyclic) bond motifs is 1. The van der Waals surface area contributed by atoms with E-state index >= 15 is 0 Å². The molecule has 0 aliphatic rings. The highest BCUT2D eigenvalue weighted by atomic mass is 16.4. The maximum atomic E-state index is 12.2. The summed E-state index contributed by atoms with van der Waals surface area (Å²) in [6, 6.07) is 12.9. The largest absolute Gasteiger partial charge is 0.480 e. The zero-order valence-corrected chi connectivity index (χ0v) is 15.2. The maximum absolute atomic E-state index is 12.2. The fourth-order valence-electron chi connectivity index (χ4n) is 2.80. The highest BCUT2D eigenvalue weighted by Gasteiger charge is 2.19. The van der Waals surface area contributed by atoms with Crippen LogP contribution in [0.2, 0.25) is 0 Å². The fourth-order valence-corrected chi connectivity index (χ4v) is 2.80. The molecule has 0 unspecified atom stereocenters. The molecule has 3 rings (SSSR count). The first-order valence-corrected chi connectivity index (χ1v) is 9.03. The number of carboxylic acid groups (broad SMARTS) is 1. The van der Waals surface area contributed by atoms with Crippen LogP contribution in [0.5, 0.6) is 0 Å². The molecule has 8 nitrogen and oxygen atoms in total. The second-order valence-corrected chi connectivity index (χ2v) is 6.34. The van der Waals surface area contributed by atoms with Crippen LogP contribution in [-0.2, 0) is 4.79 Å². The lowest BCUT2D eigenvalue weighted by Crippen LogP contribution is -2.43. The standard InChI is InChI=1S/C20H22N4O4/c21-11-4-3-9-16(19(25)26)24-20(27)22-14-7-5-6-13(12-14)18-23-15-8-1-2-10-17(15)28-18/h1-2,5-8,10,12,16H,3-4,9,11,21H2,(H,25,26)(H2,22,24,27)/t16-/m0/s1. The second kappa shape index (κ2) is 9.01. The predicted octanol–water partition coefficient (Wildman–Crippen LogP) is 3.20. The average molecular weight is 382 g/mol. The lowest BCUT2D eigenvalue weighted by molar-refractivity contribution is -0.139. The first-order valence-electron chi connectivity index (χ1n) is 9.03. The van der Waals surface area contributed by atoms with E-state index in [0.29, 0.717) is 48.5 Å². The van der Waals surface area contributed by atoms with Crippen molar-refractivity contribution in [2.24, 2.45) is 5.73 Å². The molecule has 146 valence electrons. The van der Waals surface area contributed by atoms with Gasteiger partial charge in [0.2, 0.25) is 5.89 Å². The van der Waals surface area contributed by atoms with Crippen LogP contribution in [0.1, 0.15) is 19.3 Å². The number of nitrogens with two attached hydrogens (primary N) is 1. The lowest BCUT2D eigenvalue weighted by Gasteiger charge is -2.15. The summed E-state index contributed by atoms with van der Waals surface area (Å²) in [6.07, 6.45) is 1.66. The molecular formula is C20H22N4O4. The molecule has 2 aromatic carbocycles. The van der Waals surface area contributed by atoms with E-state index in [1.165, 1.54) is 0 Å². The molecule has 3 aromatic rings. The molecule has 0 fully saturated rings. The number of aromatic nitrogens is 1. The van der Waals surface area contributed by atoms with Gasteiger partial charge >= 0.3 is 12.0 Å². The normalized spacial score (nSPS) is 11.9. The van der Waals surface area contributed by atoms with Crippen LogP contribution in [-0.4, -0.2) is 34.7 Å². The molecule has 0 spiro atoms. The molecule has 0 aliphatic heterocycles. The summed E-state index contributed by atoms with van der Waals surface area (Å²) in [5.74, 6) is -0.636. The Balaban J connectivity index is 1.68. The van der Waals surface area contributed by atoms with E-state index in [9.17, 15) is 14.7 Å². The van der Waals surface area contributed by atoms with Gasteiger partial charge in [0.05, 0.1) is 0 Å². The Kier molecular flexibility index (Phi) is 6.23. The van der Waals surface area contributed by atoms with Crippen LogP contribution in [0.15, 0.2) is 52.9 Å². The Morgan fingerprint density at radius 2 is 1.96 bits per heavy atom. The molecule has 0 bridgehead atoms. The van der Waals surface area contributed by atoms with Crippen LogP contribution < -0.4 is 16.4 Å². The summed E-state index contributed by atoms with van der Waals surface area (Å²) in [5.41, 5.74) is 8.05. The average Bonchev–Trinajstić information content (AvgIpc) is 3.12. The topological polar surface area (TPSA) is 130 Å². The summed E-state index contributed by atoms with van der Waals surface area (Å²) >= 11 is 0. The van der Waals surface area contributed by atoms with Gasteiger partial charge in [-0.1, -0.05) is 18.2 Å². The zero-order chi connectivity index (χ0) is 19.9. The zero-order valence-electron chi connectivity index (χ0n) is 15.2. The molecule has 8 heteroatoms. The van der Waals surface area contributed by atoms with Crippen molar-refractivity contribution < 1.29 is 19.1 Å². The molecule has 0 saturated heterocycles. The Labute approximate surface area is 161 Å². The number of anilines is 1. The number of benzene rings is 2. The van der Waals surface area contributed by atoms with E-state index in [0.717, 1.165) is 5.52 Å². The number of hydrogen-bond donors (Lipinski definition) is 4. The van der Waals surface area contributed by atoms with Gasteiger partial charge in [-0.25, -0.2) is 14.6 Å². The number of amides is 2. The number of unbranched alkanes of at least 4 members (excludes halogenated alkanes) is 1. The molecule has 5 N–H and O–H groups in total. The molecule has 0 saturated carbocycles. The van der Waals surface area contributed by atoms with Crippen molar-refractivity contribution in [3.05, 3.63) is 48.5 Å². The van der Waals surface area contributed by atoms with E-state index in [1.54, 1.807) is 18.2 Å². The van der Waals surface area contributed by atoms with E-state index in [1.807, 2.05) is 30.3 Å². The van der Waals surface area contributed by atoms with Gasteiger partial charge in [0.1, 0.15) is 11.6 Å². The number of hydrogen-bond acceptors (Lipinski definition) is 5. The minimum atomic E-state index is -1.08. The number of nitrogens with one attached hydrogen (secondary N) is 2. The number of nitrogens with zero attached hydrogens (tertiary/aromatic N) is 1. The third-order valence-electron chi connectivity index (χ3n) is 4.21. The van der Waals surface area contributed by atoms with Crippen molar-refractivity contribution in [2.75, 3.05) is 11.9 Å². The number of carbonyl (C=O) groups is 2. The van der Waals surface area contributed by atoms with Gasteiger partial charge in [-0.3, -0.25) is 0 Å². The Morgan fingerprint density at radius 1 is 1.14 bits per heavy atom.